The first-order valence-corrected chi connectivity index (χ1v) is 11.2. The van der Waals surface area contributed by atoms with E-state index in [-0.39, 0.29) is 24.0 Å². The van der Waals surface area contributed by atoms with Crippen molar-refractivity contribution in [2.75, 3.05) is 31.4 Å². The molecule has 11 heteroatoms. The van der Waals surface area contributed by atoms with Gasteiger partial charge in [0.2, 0.25) is 5.91 Å². The molecule has 0 radical (unpaired) electrons. The van der Waals surface area contributed by atoms with Gasteiger partial charge in [-0.15, -0.1) is 16.4 Å². The number of aromatic amines is 1. The van der Waals surface area contributed by atoms with Crippen LogP contribution in [-0.2, 0) is 33.7 Å². The number of carbonyl (C=O) groups is 2. The summed E-state index contributed by atoms with van der Waals surface area (Å²) >= 11 is 2.61. The van der Waals surface area contributed by atoms with E-state index in [1.807, 2.05) is 0 Å². The van der Waals surface area contributed by atoms with E-state index in [9.17, 15) is 14.4 Å². The number of thiophene rings is 1. The number of carbonyl (C=O) groups excluding carboxylic acids is 2. The Balaban J connectivity index is 1.65. The molecule has 1 aliphatic rings. The maximum Gasteiger partial charge on any atom is 0.343 e. The first-order valence-electron chi connectivity index (χ1n) is 9.43. The largest absolute Gasteiger partial charge is 0.462 e. The predicted molar refractivity (Wildman–Crippen MR) is 111 cm³/mol. The first kappa shape index (κ1) is 21.6. The second kappa shape index (κ2) is 10.1. The molecule has 0 atom stereocenters. The Kier molecular flexibility index (Phi) is 7.51. The number of ether oxygens (including phenoxy) is 2. The van der Waals surface area contributed by atoms with Crippen LogP contribution in [0.2, 0.25) is 0 Å². The van der Waals surface area contributed by atoms with Crippen LogP contribution >= 0.6 is 23.1 Å². The molecule has 1 amide bonds. The fourth-order valence-corrected chi connectivity index (χ4v) is 5.25. The lowest BCUT2D eigenvalue weighted by Gasteiger charge is -2.08. The van der Waals surface area contributed by atoms with E-state index in [4.69, 9.17) is 9.47 Å². The van der Waals surface area contributed by atoms with Crippen molar-refractivity contribution in [3.63, 3.8) is 0 Å². The van der Waals surface area contributed by atoms with Crippen LogP contribution in [0.3, 0.4) is 0 Å². The SMILES string of the molecule is CCOC(=O)c1c(NC(=O)CSc2n[nH]c(=O)n2CCCOC)sc2c1CCC2. The van der Waals surface area contributed by atoms with Gasteiger partial charge in [0, 0.05) is 25.1 Å². The second-order valence-electron chi connectivity index (χ2n) is 6.43. The van der Waals surface area contributed by atoms with Gasteiger partial charge in [0.15, 0.2) is 5.16 Å². The Labute approximate surface area is 176 Å². The Morgan fingerprint density at radius 2 is 2.21 bits per heavy atom. The maximum atomic E-state index is 12.5. The van der Waals surface area contributed by atoms with Crippen LogP contribution in [0.4, 0.5) is 5.00 Å². The number of nitrogens with zero attached hydrogens (tertiary/aromatic N) is 2. The highest BCUT2D eigenvalue weighted by Crippen LogP contribution is 2.39. The summed E-state index contributed by atoms with van der Waals surface area (Å²) < 4.78 is 11.7. The molecule has 2 heterocycles. The van der Waals surface area contributed by atoms with Gasteiger partial charge in [-0.05, 0) is 38.2 Å². The van der Waals surface area contributed by atoms with Gasteiger partial charge >= 0.3 is 11.7 Å². The second-order valence-corrected chi connectivity index (χ2v) is 8.48. The number of hydrogen-bond acceptors (Lipinski definition) is 8. The molecule has 9 nitrogen and oxygen atoms in total. The number of anilines is 1. The Hall–Kier alpha value is -2.11. The summed E-state index contributed by atoms with van der Waals surface area (Å²) in [4.78, 5) is 37.9. The third-order valence-electron chi connectivity index (χ3n) is 4.44. The van der Waals surface area contributed by atoms with E-state index in [0.29, 0.717) is 35.3 Å². The van der Waals surface area contributed by atoms with Crippen LogP contribution < -0.4 is 11.0 Å². The molecule has 2 N–H and O–H groups in total. The van der Waals surface area contributed by atoms with E-state index in [1.165, 1.54) is 15.9 Å². The van der Waals surface area contributed by atoms with Crippen molar-refractivity contribution in [1.82, 2.24) is 14.8 Å². The zero-order valence-electron chi connectivity index (χ0n) is 16.4. The van der Waals surface area contributed by atoms with Crippen molar-refractivity contribution in [1.29, 1.82) is 0 Å². The van der Waals surface area contributed by atoms with Crippen LogP contribution in [-0.4, -0.2) is 52.7 Å². The minimum absolute atomic E-state index is 0.0689. The Morgan fingerprint density at radius 1 is 1.38 bits per heavy atom. The van der Waals surface area contributed by atoms with Gasteiger partial charge in [-0.1, -0.05) is 11.8 Å². The molecule has 0 saturated carbocycles. The Morgan fingerprint density at radius 3 is 2.97 bits per heavy atom. The normalized spacial score (nSPS) is 12.8. The molecule has 0 fully saturated rings. The number of fused-ring (bicyclic) bond motifs is 1. The van der Waals surface area contributed by atoms with Crippen LogP contribution in [0.25, 0.3) is 0 Å². The van der Waals surface area contributed by atoms with Crippen LogP contribution in [0.15, 0.2) is 9.95 Å². The number of amides is 1. The molecule has 2 aromatic heterocycles. The van der Waals surface area contributed by atoms with Crippen molar-refractivity contribution in [2.45, 2.75) is 44.3 Å². The van der Waals surface area contributed by atoms with E-state index in [2.05, 4.69) is 15.5 Å². The Bertz CT molecular complexity index is 933. The smallest absolute Gasteiger partial charge is 0.343 e. The standard InChI is InChI=1S/C18H24N4O5S2/c1-3-27-16(24)14-11-6-4-7-12(11)29-15(14)19-13(23)10-28-18-21-20-17(25)22(18)8-5-9-26-2/h3-10H2,1-2H3,(H,19,23)(H,20,25). The molecule has 0 aliphatic heterocycles. The molecule has 0 unspecified atom stereocenters. The summed E-state index contributed by atoms with van der Waals surface area (Å²) in [5, 5.41) is 10.2. The zero-order chi connectivity index (χ0) is 20.8. The molecule has 1 aliphatic carbocycles. The van der Waals surface area contributed by atoms with Gasteiger partial charge in [0.05, 0.1) is 17.9 Å². The van der Waals surface area contributed by atoms with E-state index < -0.39 is 5.97 Å². The number of H-pyrrole nitrogens is 1. The quantitative estimate of drug-likeness (QED) is 0.330. The number of rotatable bonds is 10. The molecule has 0 saturated heterocycles. The van der Waals surface area contributed by atoms with Crippen molar-refractivity contribution in [3.05, 3.63) is 26.5 Å². The van der Waals surface area contributed by atoms with Gasteiger partial charge < -0.3 is 14.8 Å². The maximum absolute atomic E-state index is 12.5. The summed E-state index contributed by atoms with van der Waals surface area (Å²) in [6.07, 6.45) is 3.42. The predicted octanol–water partition coefficient (Wildman–Crippen LogP) is 2.07. The summed E-state index contributed by atoms with van der Waals surface area (Å²) in [6, 6.07) is 0. The van der Waals surface area contributed by atoms with Gasteiger partial charge in [0.25, 0.3) is 0 Å². The van der Waals surface area contributed by atoms with Crippen molar-refractivity contribution in [3.8, 4) is 0 Å². The molecule has 2 aromatic rings. The summed E-state index contributed by atoms with van der Waals surface area (Å²) in [7, 11) is 1.60. The fraction of sp³-hybridized carbons (Fsp3) is 0.556. The average molecular weight is 441 g/mol. The van der Waals surface area contributed by atoms with Crippen LogP contribution in [0.5, 0.6) is 0 Å². The van der Waals surface area contributed by atoms with Gasteiger partial charge in [0.1, 0.15) is 5.00 Å². The van der Waals surface area contributed by atoms with Crippen LogP contribution in [0.1, 0.15) is 40.6 Å². The van der Waals surface area contributed by atoms with Crippen molar-refractivity contribution < 1.29 is 19.1 Å². The lowest BCUT2D eigenvalue weighted by molar-refractivity contribution is -0.113. The lowest BCUT2D eigenvalue weighted by atomic mass is 10.1. The fourth-order valence-electron chi connectivity index (χ4n) is 3.18. The molecule has 158 valence electrons. The monoisotopic (exact) mass is 440 g/mol. The van der Waals surface area contributed by atoms with E-state index in [1.54, 1.807) is 14.0 Å². The molecule has 29 heavy (non-hydrogen) atoms. The summed E-state index contributed by atoms with van der Waals surface area (Å²) in [5.41, 5.74) is 1.16. The highest BCUT2D eigenvalue weighted by atomic mass is 32.2. The molecular formula is C18H24N4O5S2. The minimum atomic E-state index is -0.394. The number of aromatic nitrogens is 3. The highest BCUT2D eigenvalue weighted by Gasteiger charge is 2.28. The third kappa shape index (κ3) is 5.09. The number of nitrogens with one attached hydrogen (secondary N) is 2. The number of esters is 1. The number of thioether (sulfide) groups is 1. The summed E-state index contributed by atoms with van der Waals surface area (Å²) in [5.74, 6) is -0.590. The van der Waals surface area contributed by atoms with E-state index >= 15 is 0 Å². The molecule has 0 bridgehead atoms. The third-order valence-corrected chi connectivity index (χ3v) is 6.62. The number of aryl methyl sites for hydroxylation is 1. The van der Waals surface area contributed by atoms with Gasteiger partial charge in [-0.2, -0.15) is 0 Å². The topological polar surface area (TPSA) is 115 Å². The van der Waals surface area contributed by atoms with Crippen molar-refractivity contribution in [2.24, 2.45) is 0 Å². The first-order chi connectivity index (χ1) is 14.0. The van der Waals surface area contributed by atoms with Crippen molar-refractivity contribution >= 4 is 40.0 Å². The number of hydrogen-bond donors (Lipinski definition) is 2. The molecule has 3 rings (SSSR count). The van der Waals surface area contributed by atoms with Gasteiger partial charge in [-0.25, -0.2) is 14.7 Å². The molecule has 0 spiro atoms. The summed E-state index contributed by atoms with van der Waals surface area (Å²) in [6.45, 7) is 3.03. The van der Waals surface area contributed by atoms with Crippen LogP contribution in [0, 0.1) is 0 Å². The molecule has 0 aromatic carbocycles. The zero-order valence-corrected chi connectivity index (χ0v) is 18.0. The lowest BCUT2D eigenvalue weighted by Crippen LogP contribution is -2.20. The molecular weight excluding hydrogens is 416 g/mol. The minimum Gasteiger partial charge on any atom is -0.462 e. The average Bonchev–Trinajstić information content (AvgIpc) is 3.36. The highest BCUT2D eigenvalue weighted by molar-refractivity contribution is 7.99. The van der Waals surface area contributed by atoms with Gasteiger partial charge in [-0.3, -0.25) is 9.36 Å². The number of methoxy groups -OCH3 is 1. The van der Waals surface area contributed by atoms with E-state index in [0.717, 1.165) is 41.5 Å².